The summed E-state index contributed by atoms with van der Waals surface area (Å²) in [5, 5.41) is 3.97. The van der Waals surface area contributed by atoms with E-state index in [9.17, 15) is 0 Å². The van der Waals surface area contributed by atoms with Gasteiger partial charge in [-0.25, -0.2) is 0 Å². The number of ether oxygens (including phenoxy) is 1. The molecule has 0 amide bonds. The van der Waals surface area contributed by atoms with Crippen molar-refractivity contribution in [3.8, 4) is 5.75 Å². The van der Waals surface area contributed by atoms with Crippen LogP contribution in [0.25, 0.3) is 0 Å². The number of hydrogen-bond acceptors (Lipinski definition) is 4. The number of methoxy groups -OCH3 is 1. The largest absolute Gasteiger partial charge is 0.497 e. The van der Waals surface area contributed by atoms with Crippen molar-refractivity contribution in [1.82, 2.24) is 10.2 Å². The molecule has 3 aliphatic rings. The second-order valence-electron chi connectivity index (χ2n) is 6.81. The van der Waals surface area contributed by atoms with Crippen LogP contribution in [0.4, 0.5) is 0 Å². The minimum Gasteiger partial charge on any atom is -0.497 e. The van der Waals surface area contributed by atoms with Gasteiger partial charge in [0.2, 0.25) is 0 Å². The average Bonchev–Trinajstić information content (AvgIpc) is 3.11. The number of nitrogens with zero attached hydrogens (tertiary/aromatic N) is 1. The van der Waals surface area contributed by atoms with E-state index in [0.29, 0.717) is 18.1 Å². The highest BCUT2D eigenvalue weighted by Gasteiger charge is 2.43. The molecule has 1 N–H and O–H groups in total. The molecule has 3 atom stereocenters. The van der Waals surface area contributed by atoms with E-state index < -0.39 is 0 Å². The Balaban J connectivity index is 1.57. The number of thioether (sulfide) groups is 1. The molecule has 0 bridgehead atoms. The lowest BCUT2D eigenvalue weighted by Crippen LogP contribution is -2.42. The molecule has 1 aromatic carbocycles. The fourth-order valence-corrected chi connectivity index (χ4v) is 5.19. The highest BCUT2D eigenvalue weighted by atomic mass is 32.2. The van der Waals surface area contributed by atoms with E-state index in [-0.39, 0.29) is 0 Å². The predicted octanol–water partition coefficient (Wildman–Crippen LogP) is 3.07. The van der Waals surface area contributed by atoms with Gasteiger partial charge in [-0.2, -0.15) is 11.8 Å². The van der Waals surface area contributed by atoms with Gasteiger partial charge in [-0.05, 0) is 49.1 Å². The molecule has 4 heteroatoms. The van der Waals surface area contributed by atoms with Gasteiger partial charge in [-0.1, -0.05) is 12.1 Å². The Labute approximate surface area is 137 Å². The van der Waals surface area contributed by atoms with Crippen molar-refractivity contribution in [3.05, 3.63) is 29.8 Å². The summed E-state index contributed by atoms with van der Waals surface area (Å²) in [6.07, 6.45) is 5.37. The Bertz CT molecular complexity index is 514. The first-order valence-corrected chi connectivity index (χ1v) is 9.74. The molecule has 2 heterocycles. The third kappa shape index (κ3) is 3.01. The molecule has 2 aliphatic heterocycles. The van der Waals surface area contributed by atoms with Crippen molar-refractivity contribution in [2.75, 3.05) is 25.2 Å². The molecule has 1 saturated carbocycles. The van der Waals surface area contributed by atoms with Gasteiger partial charge in [0.15, 0.2) is 0 Å². The summed E-state index contributed by atoms with van der Waals surface area (Å²) in [7, 11) is 1.76. The van der Waals surface area contributed by atoms with Crippen molar-refractivity contribution in [2.24, 2.45) is 0 Å². The number of benzene rings is 1. The van der Waals surface area contributed by atoms with Gasteiger partial charge in [-0.15, -0.1) is 0 Å². The highest BCUT2D eigenvalue weighted by molar-refractivity contribution is 7.99. The average molecular weight is 318 g/mol. The molecule has 3 fully saturated rings. The van der Waals surface area contributed by atoms with Crippen LogP contribution in [0.1, 0.15) is 37.3 Å². The fourth-order valence-electron chi connectivity index (χ4n) is 4.02. The Morgan fingerprint density at radius 3 is 2.86 bits per heavy atom. The summed E-state index contributed by atoms with van der Waals surface area (Å²) >= 11 is 2.09. The molecular weight excluding hydrogens is 292 g/mol. The van der Waals surface area contributed by atoms with Crippen LogP contribution >= 0.6 is 11.8 Å². The molecule has 1 aromatic rings. The molecular formula is C18H26N2OS. The minimum absolute atomic E-state index is 0.521. The Hall–Kier alpha value is -0.710. The first-order chi connectivity index (χ1) is 10.8. The summed E-state index contributed by atoms with van der Waals surface area (Å²) < 4.78 is 5.45. The number of rotatable bonds is 5. The Kier molecular flexibility index (Phi) is 4.34. The van der Waals surface area contributed by atoms with E-state index in [1.807, 2.05) is 0 Å². The summed E-state index contributed by atoms with van der Waals surface area (Å²) in [5.41, 5.74) is 1.42. The number of likely N-dealkylation sites (tertiary alicyclic amines) is 1. The summed E-state index contributed by atoms with van der Waals surface area (Å²) in [6.45, 7) is 1.24. The fraction of sp³-hybridized carbons (Fsp3) is 0.667. The van der Waals surface area contributed by atoms with Gasteiger partial charge in [0, 0.05) is 30.4 Å². The van der Waals surface area contributed by atoms with Crippen molar-refractivity contribution in [1.29, 1.82) is 0 Å². The molecule has 1 aliphatic carbocycles. The molecule has 0 unspecified atom stereocenters. The second kappa shape index (κ2) is 6.42. The zero-order chi connectivity index (χ0) is 14.9. The van der Waals surface area contributed by atoms with Gasteiger partial charge >= 0.3 is 0 Å². The Morgan fingerprint density at radius 1 is 1.23 bits per heavy atom. The SMILES string of the molecule is COc1cccc([C@@H]2[C@H](N[C@@H]3CCSC3)CCN2C2CC2)c1. The molecule has 0 radical (unpaired) electrons. The van der Waals surface area contributed by atoms with Crippen LogP contribution < -0.4 is 10.1 Å². The van der Waals surface area contributed by atoms with E-state index in [1.54, 1.807) is 7.11 Å². The van der Waals surface area contributed by atoms with Crippen LogP contribution in [0.5, 0.6) is 5.75 Å². The quantitative estimate of drug-likeness (QED) is 0.902. The summed E-state index contributed by atoms with van der Waals surface area (Å²) in [5.74, 6) is 3.58. The van der Waals surface area contributed by atoms with Crippen molar-refractivity contribution in [3.63, 3.8) is 0 Å². The lowest BCUT2D eigenvalue weighted by molar-refractivity contribution is 0.222. The number of hydrogen-bond donors (Lipinski definition) is 1. The van der Waals surface area contributed by atoms with Crippen molar-refractivity contribution in [2.45, 2.75) is 49.9 Å². The van der Waals surface area contributed by atoms with E-state index in [2.05, 4.69) is 46.2 Å². The normalized spacial score (nSPS) is 32.5. The highest BCUT2D eigenvalue weighted by Crippen LogP contribution is 2.42. The lowest BCUT2D eigenvalue weighted by atomic mass is 9.98. The van der Waals surface area contributed by atoms with E-state index in [4.69, 9.17) is 4.74 Å². The van der Waals surface area contributed by atoms with E-state index in [0.717, 1.165) is 11.8 Å². The topological polar surface area (TPSA) is 24.5 Å². The zero-order valence-electron chi connectivity index (χ0n) is 13.3. The zero-order valence-corrected chi connectivity index (χ0v) is 14.1. The lowest BCUT2D eigenvalue weighted by Gasteiger charge is -2.31. The monoisotopic (exact) mass is 318 g/mol. The first kappa shape index (κ1) is 14.9. The first-order valence-electron chi connectivity index (χ1n) is 8.58. The van der Waals surface area contributed by atoms with Gasteiger partial charge < -0.3 is 10.1 Å². The smallest absolute Gasteiger partial charge is 0.119 e. The number of nitrogens with one attached hydrogen (secondary N) is 1. The maximum absolute atomic E-state index is 5.45. The van der Waals surface area contributed by atoms with E-state index >= 15 is 0 Å². The molecule has 4 rings (SSSR count). The van der Waals surface area contributed by atoms with Crippen molar-refractivity contribution < 1.29 is 4.74 Å². The summed E-state index contributed by atoms with van der Waals surface area (Å²) in [6, 6.07) is 11.4. The molecule has 0 spiro atoms. The maximum Gasteiger partial charge on any atom is 0.119 e. The molecule has 3 nitrogen and oxygen atoms in total. The third-order valence-corrected chi connectivity index (χ3v) is 6.43. The van der Waals surface area contributed by atoms with Crippen LogP contribution in [0.2, 0.25) is 0 Å². The third-order valence-electron chi connectivity index (χ3n) is 5.27. The van der Waals surface area contributed by atoms with Crippen LogP contribution in [0, 0.1) is 0 Å². The van der Waals surface area contributed by atoms with Gasteiger partial charge in [0.05, 0.1) is 13.2 Å². The standard InChI is InChI=1S/C18H26N2OS/c1-21-16-4-2-3-13(11-16)18-17(19-14-8-10-22-12-14)7-9-20(18)15-5-6-15/h2-4,11,14-15,17-19H,5-10,12H2,1H3/t14-,17-,18-/m1/s1. The molecule has 2 saturated heterocycles. The van der Waals surface area contributed by atoms with Crippen LogP contribution in [-0.4, -0.2) is 48.2 Å². The second-order valence-corrected chi connectivity index (χ2v) is 7.96. The van der Waals surface area contributed by atoms with Gasteiger partial charge in [0.25, 0.3) is 0 Å². The van der Waals surface area contributed by atoms with Gasteiger partial charge in [0.1, 0.15) is 5.75 Å². The molecule has 22 heavy (non-hydrogen) atoms. The summed E-state index contributed by atoms with van der Waals surface area (Å²) in [4.78, 5) is 2.74. The minimum atomic E-state index is 0.521. The van der Waals surface area contributed by atoms with Crippen LogP contribution in [-0.2, 0) is 0 Å². The predicted molar refractivity (Wildman–Crippen MR) is 92.7 cm³/mol. The maximum atomic E-state index is 5.45. The molecule has 120 valence electrons. The van der Waals surface area contributed by atoms with Crippen LogP contribution in [0.3, 0.4) is 0 Å². The van der Waals surface area contributed by atoms with Gasteiger partial charge in [-0.3, -0.25) is 4.90 Å². The van der Waals surface area contributed by atoms with E-state index in [1.165, 1.54) is 49.3 Å². The van der Waals surface area contributed by atoms with Crippen LogP contribution in [0.15, 0.2) is 24.3 Å². The Morgan fingerprint density at radius 2 is 2.14 bits per heavy atom. The molecule has 0 aromatic heterocycles. The van der Waals surface area contributed by atoms with Crippen molar-refractivity contribution >= 4 is 11.8 Å².